The standard InChI is InChI=1S/C66H56N2/c1-41-33-35-65(3)63(41)57-37-45(25-31-59(57)67(65)47-21-13-7-14-22-47)55-39-53(43-17-9-5-10-18-43)49-28-30-52-56(40-54(44-19-11-6-12-20-44)50-27-29-51(55)61(49)62(50)52)46-26-32-60-58(38-46)64-42(2)34-36-66(64,4)68(60)48-23-15-8-16-24-48/h5-32,37-42,63-64H,33-36H2,1-4H3. The summed E-state index contributed by atoms with van der Waals surface area (Å²) in [4.78, 5) is 5.36. The number of rotatable bonds is 6. The van der Waals surface area contributed by atoms with Crippen LogP contribution in [0.4, 0.5) is 22.7 Å². The summed E-state index contributed by atoms with van der Waals surface area (Å²) in [6, 6.07) is 74.2. The van der Waals surface area contributed by atoms with Crippen molar-refractivity contribution >= 4 is 55.1 Å². The first-order chi connectivity index (χ1) is 33.3. The van der Waals surface area contributed by atoms with E-state index >= 15 is 0 Å². The molecule has 10 aromatic rings. The number of para-hydroxylation sites is 2. The number of benzene rings is 10. The fourth-order valence-electron chi connectivity index (χ4n) is 14.8. The zero-order valence-corrected chi connectivity index (χ0v) is 39.5. The van der Waals surface area contributed by atoms with Gasteiger partial charge in [-0.05, 0) is 200 Å². The van der Waals surface area contributed by atoms with Gasteiger partial charge in [-0.15, -0.1) is 0 Å². The van der Waals surface area contributed by atoms with Gasteiger partial charge < -0.3 is 9.80 Å². The number of fused-ring (bicyclic) bond motifs is 6. The maximum Gasteiger partial charge on any atom is 0.0495 e. The summed E-state index contributed by atoms with van der Waals surface area (Å²) in [6.07, 6.45) is 4.86. The van der Waals surface area contributed by atoms with Crippen LogP contribution in [0.15, 0.2) is 194 Å². The first-order valence-corrected chi connectivity index (χ1v) is 25.2. The van der Waals surface area contributed by atoms with Crippen molar-refractivity contribution < 1.29 is 0 Å². The average Bonchev–Trinajstić information content (AvgIpc) is 4.04. The highest BCUT2D eigenvalue weighted by Gasteiger charge is 2.55. The lowest BCUT2D eigenvalue weighted by atomic mass is 9.79. The van der Waals surface area contributed by atoms with Crippen LogP contribution >= 0.6 is 0 Å². The Morgan fingerprint density at radius 1 is 0.368 bits per heavy atom. The second-order valence-electron chi connectivity index (χ2n) is 21.3. The molecule has 6 atom stereocenters. The van der Waals surface area contributed by atoms with Crippen molar-refractivity contribution in [3.05, 3.63) is 205 Å². The van der Waals surface area contributed by atoms with Crippen molar-refractivity contribution in [2.45, 2.75) is 76.3 Å². The SMILES string of the molecule is CC1CCC2(C)C1c1cc(-c3cc(-c4ccccc4)c4ccc5c(-c6ccc7c(c6)C6C(C)CCC6(C)N7c6ccccc6)cc(-c6ccccc6)c6ccc3c4c65)ccc1N2c1ccccc1. The maximum absolute atomic E-state index is 2.68. The summed E-state index contributed by atoms with van der Waals surface area (Å²) in [5, 5.41) is 7.96. The molecule has 0 amide bonds. The largest absolute Gasteiger partial charge is 0.335 e. The molecule has 0 radical (unpaired) electrons. The highest BCUT2D eigenvalue weighted by atomic mass is 15.3. The molecule has 2 aliphatic heterocycles. The van der Waals surface area contributed by atoms with Gasteiger partial charge in [-0.3, -0.25) is 0 Å². The molecule has 0 bridgehead atoms. The van der Waals surface area contributed by atoms with E-state index in [4.69, 9.17) is 0 Å². The monoisotopic (exact) mass is 876 g/mol. The third kappa shape index (κ3) is 5.52. The van der Waals surface area contributed by atoms with Crippen LogP contribution < -0.4 is 9.80 Å². The summed E-state index contributed by atoms with van der Waals surface area (Å²) in [6.45, 7) is 10.0. The minimum Gasteiger partial charge on any atom is -0.335 e. The van der Waals surface area contributed by atoms with E-state index in [-0.39, 0.29) is 11.1 Å². The molecule has 6 unspecified atom stereocenters. The molecule has 2 nitrogen and oxygen atoms in total. The van der Waals surface area contributed by atoms with Gasteiger partial charge in [0.25, 0.3) is 0 Å². The van der Waals surface area contributed by atoms with Gasteiger partial charge in [-0.25, -0.2) is 0 Å². The Bertz CT molecular complexity index is 3360. The third-order valence-corrected chi connectivity index (χ3v) is 17.6. The van der Waals surface area contributed by atoms with Crippen molar-refractivity contribution in [1.82, 2.24) is 0 Å². The third-order valence-electron chi connectivity index (χ3n) is 17.6. The van der Waals surface area contributed by atoms with Crippen molar-refractivity contribution in [2.24, 2.45) is 11.8 Å². The van der Waals surface area contributed by atoms with Gasteiger partial charge in [0, 0.05) is 45.7 Å². The Morgan fingerprint density at radius 2 is 0.706 bits per heavy atom. The van der Waals surface area contributed by atoms with Crippen molar-refractivity contribution in [3.8, 4) is 44.5 Å². The van der Waals surface area contributed by atoms with Gasteiger partial charge in [0.15, 0.2) is 0 Å². The van der Waals surface area contributed by atoms with Crippen LogP contribution in [0.3, 0.4) is 0 Å². The van der Waals surface area contributed by atoms with Gasteiger partial charge in [0.05, 0.1) is 0 Å². The first kappa shape index (κ1) is 40.0. The second kappa shape index (κ2) is 14.7. The molecule has 2 fully saturated rings. The number of hydrogen-bond acceptors (Lipinski definition) is 2. The molecule has 2 heterocycles. The molecule has 2 heteroatoms. The van der Waals surface area contributed by atoms with Crippen molar-refractivity contribution in [1.29, 1.82) is 0 Å². The van der Waals surface area contributed by atoms with Crippen LogP contribution in [-0.4, -0.2) is 11.1 Å². The van der Waals surface area contributed by atoms with Crippen LogP contribution in [0.2, 0.25) is 0 Å². The van der Waals surface area contributed by atoms with E-state index in [1.807, 2.05) is 0 Å². The second-order valence-corrected chi connectivity index (χ2v) is 21.3. The highest BCUT2D eigenvalue weighted by molar-refractivity contribution is 6.32. The lowest BCUT2D eigenvalue weighted by molar-refractivity contribution is 0.414. The summed E-state index contributed by atoms with van der Waals surface area (Å²) < 4.78 is 0. The van der Waals surface area contributed by atoms with Crippen LogP contribution in [-0.2, 0) is 0 Å². The van der Waals surface area contributed by atoms with E-state index in [0.29, 0.717) is 23.7 Å². The van der Waals surface area contributed by atoms with E-state index in [0.717, 1.165) is 0 Å². The van der Waals surface area contributed by atoms with E-state index < -0.39 is 0 Å². The van der Waals surface area contributed by atoms with Gasteiger partial charge in [-0.1, -0.05) is 147 Å². The Kier molecular flexibility index (Phi) is 8.62. The molecule has 2 aliphatic carbocycles. The summed E-state index contributed by atoms with van der Waals surface area (Å²) in [7, 11) is 0. The molecule has 0 spiro atoms. The maximum atomic E-state index is 2.68. The number of nitrogens with zero attached hydrogens (tertiary/aromatic N) is 2. The molecule has 14 rings (SSSR count). The predicted molar refractivity (Wildman–Crippen MR) is 288 cm³/mol. The average molecular weight is 877 g/mol. The molecule has 2 saturated carbocycles. The van der Waals surface area contributed by atoms with Crippen molar-refractivity contribution in [3.63, 3.8) is 0 Å². The molecular formula is C66H56N2. The lowest BCUT2D eigenvalue weighted by Gasteiger charge is -2.38. The Labute approximate surface area is 400 Å². The Morgan fingerprint density at radius 3 is 1.07 bits per heavy atom. The summed E-state index contributed by atoms with van der Waals surface area (Å²) >= 11 is 0. The highest BCUT2D eigenvalue weighted by Crippen LogP contribution is 2.63. The Balaban J connectivity index is 1.03. The van der Waals surface area contributed by atoms with Crippen LogP contribution in [0.5, 0.6) is 0 Å². The van der Waals surface area contributed by atoms with Crippen LogP contribution in [0.1, 0.15) is 76.3 Å². The van der Waals surface area contributed by atoms with Gasteiger partial charge in [-0.2, -0.15) is 0 Å². The summed E-state index contributed by atoms with van der Waals surface area (Å²) in [5.74, 6) is 2.12. The molecule has 330 valence electrons. The zero-order valence-electron chi connectivity index (χ0n) is 39.5. The smallest absolute Gasteiger partial charge is 0.0495 e. The van der Waals surface area contributed by atoms with E-state index in [9.17, 15) is 0 Å². The fourth-order valence-corrected chi connectivity index (χ4v) is 14.8. The van der Waals surface area contributed by atoms with Crippen LogP contribution in [0, 0.1) is 11.8 Å². The summed E-state index contributed by atoms with van der Waals surface area (Å²) in [5.41, 5.74) is 18.7. The lowest BCUT2D eigenvalue weighted by Crippen LogP contribution is -2.40. The Hall–Kier alpha value is -7.16. The topological polar surface area (TPSA) is 6.48 Å². The quantitative estimate of drug-likeness (QED) is 0.154. The number of anilines is 4. The van der Waals surface area contributed by atoms with Gasteiger partial charge >= 0.3 is 0 Å². The van der Waals surface area contributed by atoms with E-state index in [1.54, 1.807) is 0 Å². The van der Waals surface area contributed by atoms with Gasteiger partial charge in [0.2, 0.25) is 0 Å². The molecule has 0 saturated heterocycles. The minimum absolute atomic E-state index is 0.0373. The molecule has 0 aromatic heterocycles. The normalized spacial score (nSPS) is 23.7. The minimum atomic E-state index is 0.0373. The molecular weight excluding hydrogens is 821 g/mol. The van der Waals surface area contributed by atoms with E-state index in [2.05, 4.69) is 232 Å². The first-order valence-electron chi connectivity index (χ1n) is 25.2. The van der Waals surface area contributed by atoms with E-state index in [1.165, 1.54) is 136 Å². The molecule has 0 N–H and O–H groups in total. The molecule has 68 heavy (non-hydrogen) atoms. The zero-order chi connectivity index (χ0) is 45.5. The van der Waals surface area contributed by atoms with Crippen LogP contribution in [0.25, 0.3) is 76.8 Å². The fraction of sp³-hybridized carbons (Fsp3) is 0.212. The van der Waals surface area contributed by atoms with Crippen molar-refractivity contribution in [2.75, 3.05) is 9.80 Å². The molecule has 10 aromatic carbocycles. The molecule has 4 aliphatic rings. The van der Waals surface area contributed by atoms with Gasteiger partial charge in [0.1, 0.15) is 0 Å². The number of hydrogen-bond donors (Lipinski definition) is 0. The predicted octanol–water partition coefficient (Wildman–Crippen LogP) is 18.1.